The van der Waals surface area contributed by atoms with Crippen molar-refractivity contribution in [3.05, 3.63) is 62.6 Å². The molecule has 0 aliphatic carbocycles. The Morgan fingerprint density at radius 1 is 1.14 bits per heavy atom. The van der Waals surface area contributed by atoms with E-state index in [4.69, 9.17) is 0 Å². The van der Waals surface area contributed by atoms with Crippen molar-refractivity contribution in [2.45, 2.75) is 39.8 Å². The molecular weight excluding hydrogens is 370 g/mol. The van der Waals surface area contributed by atoms with Crippen molar-refractivity contribution in [3.63, 3.8) is 0 Å². The van der Waals surface area contributed by atoms with E-state index in [2.05, 4.69) is 17.2 Å². The predicted octanol–water partition coefficient (Wildman–Crippen LogP) is 1.51. The van der Waals surface area contributed by atoms with Crippen LogP contribution in [0, 0.1) is 5.92 Å². The number of carbonyl (C=O) groups is 1. The molecule has 0 fully saturated rings. The van der Waals surface area contributed by atoms with Crippen LogP contribution in [-0.2, 0) is 31.9 Å². The molecule has 29 heavy (non-hydrogen) atoms. The van der Waals surface area contributed by atoms with Crippen LogP contribution in [0.25, 0.3) is 11.2 Å². The number of hydrogen-bond donors (Lipinski definition) is 1. The van der Waals surface area contributed by atoms with Gasteiger partial charge in [-0.3, -0.25) is 14.2 Å². The van der Waals surface area contributed by atoms with E-state index in [1.165, 1.54) is 23.5 Å². The molecule has 2 heterocycles. The van der Waals surface area contributed by atoms with Gasteiger partial charge in [0.25, 0.3) is 5.56 Å². The van der Waals surface area contributed by atoms with Crippen LogP contribution in [0.15, 0.2) is 40.2 Å². The number of benzene rings is 1. The van der Waals surface area contributed by atoms with E-state index in [0.29, 0.717) is 5.65 Å². The topological polar surface area (TPSA) is 90.9 Å². The van der Waals surface area contributed by atoms with Gasteiger partial charge in [-0.05, 0) is 23.5 Å². The fourth-order valence-electron chi connectivity index (χ4n) is 3.49. The maximum Gasteiger partial charge on any atom is 0.332 e. The number of carbonyl (C=O) groups excluding carboxylic acids is 1. The van der Waals surface area contributed by atoms with E-state index in [1.807, 2.05) is 38.1 Å². The molecule has 3 rings (SSSR count). The number of nitrogens with zero attached hydrogens (tertiary/aromatic N) is 4. The van der Waals surface area contributed by atoms with Crippen LogP contribution in [-0.4, -0.2) is 24.6 Å². The van der Waals surface area contributed by atoms with E-state index < -0.39 is 11.2 Å². The zero-order chi connectivity index (χ0) is 21.3. The monoisotopic (exact) mass is 397 g/mol. The lowest BCUT2D eigenvalue weighted by Gasteiger charge is -2.23. The summed E-state index contributed by atoms with van der Waals surface area (Å²) in [4.78, 5) is 42.2. The number of fused-ring (bicyclic) bond motifs is 1. The molecule has 0 bridgehead atoms. The van der Waals surface area contributed by atoms with Crippen LogP contribution in [0.1, 0.15) is 37.9 Å². The summed E-state index contributed by atoms with van der Waals surface area (Å²) < 4.78 is 3.79. The standard InChI is InChI=1S/C21H27N5O3/c1-6-14-7-9-15(10-8-14)17(13(2)3)23-16(27)11-26-20(28)18-19(22-12-24(18)4)25(5)21(26)29/h7-10,12-13,17H,6,11H2,1-5H3,(H,23,27). The third kappa shape index (κ3) is 3.87. The normalized spacial score (nSPS) is 12.5. The number of amides is 1. The van der Waals surface area contributed by atoms with Crippen molar-refractivity contribution >= 4 is 17.1 Å². The summed E-state index contributed by atoms with van der Waals surface area (Å²) in [5.41, 5.74) is 1.72. The number of imidazole rings is 1. The summed E-state index contributed by atoms with van der Waals surface area (Å²) in [6.07, 6.45) is 2.42. The summed E-state index contributed by atoms with van der Waals surface area (Å²) in [7, 11) is 3.22. The van der Waals surface area contributed by atoms with E-state index in [1.54, 1.807) is 11.6 Å². The first-order valence-corrected chi connectivity index (χ1v) is 9.73. The van der Waals surface area contributed by atoms with Crippen LogP contribution in [0.4, 0.5) is 0 Å². The summed E-state index contributed by atoms with van der Waals surface area (Å²) in [5.74, 6) is -0.241. The molecule has 8 nitrogen and oxygen atoms in total. The third-order valence-corrected chi connectivity index (χ3v) is 5.23. The van der Waals surface area contributed by atoms with Gasteiger partial charge in [-0.15, -0.1) is 0 Å². The molecule has 3 aromatic rings. The summed E-state index contributed by atoms with van der Waals surface area (Å²) in [6, 6.07) is 7.90. The fraction of sp³-hybridized carbons (Fsp3) is 0.429. The average Bonchev–Trinajstić information content (AvgIpc) is 3.09. The smallest absolute Gasteiger partial charge is 0.332 e. The number of aryl methyl sites for hydroxylation is 3. The molecule has 2 aromatic heterocycles. The number of hydrogen-bond acceptors (Lipinski definition) is 4. The average molecular weight is 397 g/mol. The Bertz CT molecular complexity index is 1150. The molecule has 154 valence electrons. The lowest BCUT2D eigenvalue weighted by atomic mass is 9.95. The Balaban J connectivity index is 1.90. The highest BCUT2D eigenvalue weighted by molar-refractivity contribution is 5.77. The van der Waals surface area contributed by atoms with Crippen molar-refractivity contribution in [2.75, 3.05) is 0 Å². The minimum atomic E-state index is -0.565. The first-order chi connectivity index (χ1) is 13.7. The van der Waals surface area contributed by atoms with Crippen LogP contribution in [0.2, 0.25) is 0 Å². The molecule has 1 atom stereocenters. The second-order valence-corrected chi connectivity index (χ2v) is 7.64. The lowest BCUT2D eigenvalue weighted by molar-refractivity contribution is -0.122. The van der Waals surface area contributed by atoms with Crippen molar-refractivity contribution in [3.8, 4) is 0 Å². The molecule has 0 aliphatic heterocycles. The first-order valence-electron chi connectivity index (χ1n) is 9.73. The van der Waals surface area contributed by atoms with E-state index in [-0.39, 0.29) is 29.9 Å². The Morgan fingerprint density at radius 2 is 1.79 bits per heavy atom. The van der Waals surface area contributed by atoms with Gasteiger partial charge in [-0.2, -0.15) is 0 Å². The first kappa shape index (κ1) is 20.6. The maximum atomic E-state index is 12.8. The van der Waals surface area contributed by atoms with Crippen molar-refractivity contribution in [2.24, 2.45) is 20.0 Å². The highest BCUT2D eigenvalue weighted by Gasteiger charge is 2.21. The molecule has 1 amide bonds. The second kappa shape index (κ2) is 8.06. The van der Waals surface area contributed by atoms with Crippen LogP contribution >= 0.6 is 0 Å². The summed E-state index contributed by atoms with van der Waals surface area (Å²) >= 11 is 0. The zero-order valence-electron chi connectivity index (χ0n) is 17.5. The van der Waals surface area contributed by atoms with E-state index >= 15 is 0 Å². The molecule has 0 saturated heterocycles. The van der Waals surface area contributed by atoms with Gasteiger partial charge in [0.05, 0.1) is 12.4 Å². The van der Waals surface area contributed by atoms with E-state index in [9.17, 15) is 14.4 Å². The van der Waals surface area contributed by atoms with Gasteiger partial charge in [-0.1, -0.05) is 45.0 Å². The second-order valence-electron chi connectivity index (χ2n) is 7.64. The highest BCUT2D eigenvalue weighted by Crippen LogP contribution is 2.22. The van der Waals surface area contributed by atoms with Crippen molar-refractivity contribution in [1.82, 2.24) is 24.0 Å². The number of aromatic nitrogens is 4. The van der Waals surface area contributed by atoms with Gasteiger partial charge in [0.1, 0.15) is 6.54 Å². The number of nitrogens with one attached hydrogen (secondary N) is 1. The minimum absolute atomic E-state index is 0.144. The molecule has 0 radical (unpaired) electrons. The molecule has 1 aromatic carbocycles. The predicted molar refractivity (Wildman–Crippen MR) is 112 cm³/mol. The van der Waals surface area contributed by atoms with Gasteiger partial charge in [0.15, 0.2) is 11.2 Å². The van der Waals surface area contributed by atoms with E-state index in [0.717, 1.165) is 16.6 Å². The minimum Gasteiger partial charge on any atom is -0.347 e. The highest BCUT2D eigenvalue weighted by atomic mass is 16.2. The van der Waals surface area contributed by atoms with Gasteiger partial charge < -0.3 is 9.88 Å². The van der Waals surface area contributed by atoms with Gasteiger partial charge in [0, 0.05) is 14.1 Å². The Morgan fingerprint density at radius 3 is 2.38 bits per heavy atom. The Kier molecular flexibility index (Phi) is 5.72. The summed E-state index contributed by atoms with van der Waals surface area (Å²) in [6.45, 7) is 5.79. The van der Waals surface area contributed by atoms with Gasteiger partial charge in [0.2, 0.25) is 5.91 Å². The molecule has 1 unspecified atom stereocenters. The molecule has 0 spiro atoms. The molecule has 1 N–H and O–H groups in total. The van der Waals surface area contributed by atoms with Crippen LogP contribution < -0.4 is 16.6 Å². The third-order valence-electron chi connectivity index (χ3n) is 5.23. The van der Waals surface area contributed by atoms with Crippen LogP contribution in [0.3, 0.4) is 0 Å². The van der Waals surface area contributed by atoms with Gasteiger partial charge in [-0.25, -0.2) is 14.3 Å². The molecule has 0 aliphatic rings. The van der Waals surface area contributed by atoms with Gasteiger partial charge >= 0.3 is 5.69 Å². The lowest BCUT2D eigenvalue weighted by Crippen LogP contribution is -2.44. The summed E-state index contributed by atoms with van der Waals surface area (Å²) in [5, 5.41) is 2.98. The molecule has 8 heteroatoms. The maximum absolute atomic E-state index is 12.8. The fourth-order valence-corrected chi connectivity index (χ4v) is 3.49. The van der Waals surface area contributed by atoms with Crippen molar-refractivity contribution in [1.29, 1.82) is 0 Å². The Labute approximate surface area is 168 Å². The quantitative estimate of drug-likeness (QED) is 0.683. The molecule has 0 saturated carbocycles. The zero-order valence-corrected chi connectivity index (χ0v) is 17.5. The number of rotatable bonds is 6. The SMILES string of the molecule is CCc1ccc(C(NC(=O)Cn2c(=O)c3c(ncn3C)n(C)c2=O)C(C)C)cc1. The van der Waals surface area contributed by atoms with Crippen molar-refractivity contribution < 1.29 is 4.79 Å². The largest absolute Gasteiger partial charge is 0.347 e. The Hall–Kier alpha value is -3.16. The molecular formula is C21H27N5O3. The van der Waals surface area contributed by atoms with Crippen LogP contribution in [0.5, 0.6) is 0 Å².